The lowest BCUT2D eigenvalue weighted by atomic mass is 10.1. The molecule has 2 aromatic carbocycles. The first-order valence-electron chi connectivity index (χ1n) is 7.56. The van der Waals surface area contributed by atoms with Gasteiger partial charge in [-0.2, -0.15) is 0 Å². The predicted octanol–water partition coefficient (Wildman–Crippen LogP) is 3.41. The molecule has 0 saturated carbocycles. The minimum Gasteiger partial charge on any atom is -0.326 e. The molecule has 122 valence electrons. The van der Waals surface area contributed by atoms with Gasteiger partial charge in [-0.25, -0.2) is 0 Å². The minimum absolute atomic E-state index is 0.0448. The normalized spacial score (nSPS) is 17.2. The Balaban J connectivity index is 1.70. The van der Waals surface area contributed by atoms with Crippen molar-refractivity contribution in [3.63, 3.8) is 0 Å². The fraction of sp³-hybridized carbons (Fsp3) is 0.167. The number of hydrogen-bond acceptors (Lipinski definition) is 4. The summed E-state index contributed by atoms with van der Waals surface area (Å²) in [6.45, 7) is 1.90. The molecule has 1 aliphatic heterocycles. The van der Waals surface area contributed by atoms with E-state index in [4.69, 9.17) is 5.41 Å². The van der Waals surface area contributed by atoms with Crippen LogP contribution in [0.25, 0.3) is 0 Å². The number of benzene rings is 2. The molecule has 6 heteroatoms. The second-order valence-corrected chi connectivity index (χ2v) is 6.68. The van der Waals surface area contributed by atoms with Gasteiger partial charge in [0.05, 0.1) is 5.69 Å². The predicted molar refractivity (Wildman–Crippen MR) is 97.5 cm³/mol. The zero-order valence-electron chi connectivity index (χ0n) is 13.2. The van der Waals surface area contributed by atoms with Gasteiger partial charge in [-0.3, -0.25) is 19.9 Å². The summed E-state index contributed by atoms with van der Waals surface area (Å²) in [5.41, 5.74) is 2.32. The molecule has 5 nitrogen and oxygen atoms in total. The van der Waals surface area contributed by atoms with Crippen molar-refractivity contribution in [2.45, 2.75) is 18.6 Å². The van der Waals surface area contributed by atoms with E-state index in [1.165, 1.54) is 4.90 Å². The lowest BCUT2D eigenvalue weighted by Crippen LogP contribution is -2.33. The maximum Gasteiger partial charge on any atom is 0.247 e. The highest BCUT2D eigenvalue weighted by molar-refractivity contribution is 8.16. The van der Waals surface area contributed by atoms with E-state index in [1.54, 1.807) is 12.1 Å². The molecular formula is C18H17N3O2S. The van der Waals surface area contributed by atoms with E-state index in [9.17, 15) is 9.59 Å². The Morgan fingerprint density at radius 2 is 1.83 bits per heavy atom. The van der Waals surface area contributed by atoms with Crippen molar-refractivity contribution in [3.8, 4) is 0 Å². The minimum atomic E-state index is -0.569. The third-order valence-electron chi connectivity index (χ3n) is 3.74. The van der Waals surface area contributed by atoms with Crippen LogP contribution in [0.2, 0.25) is 0 Å². The van der Waals surface area contributed by atoms with Crippen molar-refractivity contribution in [3.05, 3.63) is 60.2 Å². The van der Waals surface area contributed by atoms with Crippen LogP contribution < -0.4 is 10.2 Å². The van der Waals surface area contributed by atoms with E-state index in [0.29, 0.717) is 11.4 Å². The summed E-state index contributed by atoms with van der Waals surface area (Å²) in [5.74, 6) is -0.450. The second kappa shape index (κ2) is 6.88. The van der Waals surface area contributed by atoms with Crippen molar-refractivity contribution in [2.24, 2.45) is 0 Å². The standard InChI is InChI=1S/C18H17N3O2S/c1-12-7-5-6-10-14(12)21-17(23)15(24-18(21)19)11-16(22)20-13-8-3-2-4-9-13/h2-10,15,19H,11H2,1H3,(H,20,22). The molecule has 2 amide bonds. The fourth-order valence-corrected chi connectivity index (χ4v) is 3.56. The van der Waals surface area contributed by atoms with Gasteiger partial charge in [0.2, 0.25) is 11.8 Å². The largest absolute Gasteiger partial charge is 0.326 e. The average Bonchev–Trinajstić information content (AvgIpc) is 2.83. The van der Waals surface area contributed by atoms with Crippen molar-refractivity contribution in [2.75, 3.05) is 10.2 Å². The quantitative estimate of drug-likeness (QED) is 0.896. The van der Waals surface area contributed by atoms with Crippen molar-refractivity contribution in [1.29, 1.82) is 5.41 Å². The number of para-hydroxylation sites is 2. The van der Waals surface area contributed by atoms with Crippen LogP contribution in [0.5, 0.6) is 0 Å². The molecule has 0 bridgehead atoms. The first kappa shape index (κ1) is 16.3. The molecule has 0 radical (unpaired) electrons. The molecule has 0 spiro atoms. The third-order valence-corrected chi connectivity index (χ3v) is 4.80. The van der Waals surface area contributed by atoms with Gasteiger partial charge in [0.1, 0.15) is 5.25 Å². The van der Waals surface area contributed by atoms with E-state index in [-0.39, 0.29) is 23.4 Å². The van der Waals surface area contributed by atoms with Gasteiger partial charge in [0.15, 0.2) is 5.17 Å². The van der Waals surface area contributed by atoms with E-state index in [2.05, 4.69) is 5.32 Å². The zero-order valence-corrected chi connectivity index (χ0v) is 14.0. The van der Waals surface area contributed by atoms with E-state index in [1.807, 2.05) is 49.4 Å². The van der Waals surface area contributed by atoms with Crippen LogP contribution in [-0.4, -0.2) is 22.2 Å². The molecular weight excluding hydrogens is 322 g/mol. The van der Waals surface area contributed by atoms with Crippen LogP contribution in [0.3, 0.4) is 0 Å². The first-order chi connectivity index (χ1) is 11.6. The fourth-order valence-electron chi connectivity index (χ4n) is 2.56. The number of hydrogen-bond donors (Lipinski definition) is 2. The number of aryl methyl sites for hydroxylation is 1. The molecule has 1 fully saturated rings. The number of anilines is 2. The first-order valence-corrected chi connectivity index (χ1v) is 8.44. The molecule has 1 heterocycles. The van der Waals surface area contributed by atoms with Crippen LogP contribution in [-0.2, 0) is 9.59 Å². The van der Waals surface area contributed by atoms with E-state index < -0.39 is 5.25 Å². The number of nitrogens with zero attached hydrogens (tertiary/aromatic N) is 1. The summed E-state index contributed by atoms with van der Waals surface area (Å²) in [7, 11) is 0. The molecule has 24 heavy (non-hydrogen) atoms. The monoisotopic (exact) mass is 339 g/mol. The Hall–Kier alpha value is -2.60. The van der Waals surface area contributed by atoms with Gasteiger partial charge in [-0.15, -0.1) is 0 Å². The number of carbonyl (C=O) groups is 2. The van der Waals surface area contributed by atoms with E-state index >= 15 is 0 Å². The average molecular weight is 339 g/mol. The lowest BCUT2D eigenvalue weighted by Gasteiger charge is -2.17. The summed E-state index contributed by atoms with van der Waals surface area (Å²) in [4.78, 5) is 26.2. The van der Waals surface area contributed by atoms with Gasteiger partial charge in [-0.1, -0.05) is 48.2 Å². The second-order valence-electron chi connectivity index (χ2n) is 5.49. The zero-order chi connectivity index (χ0) is 17.1. The number of nitrogens with one attached hydrogen (secondary N) is 2. The molecule has 3 rings (SSSR count). The van der Waals surface area contributed by atoms with Crippen LogP contribution >= 0.6 is 11.8 Å². The highest BCUT2D eigenvalue weighted by Gasteiger charge is 2.39. The molecule has 2 N–H and O–H groups in total. The molecule has 1 saturated heterocycles. The van der Waals surface area contributed by atoms with Crippen molar-refractivity contribution in [1.82, 2.24) is 0 Å². The SMILES string of the molecule is Cc1ccccc1N1C(=N)SC(CC(=O)Nc2ccccc2)C1=O. The number of amidine groups is 1. The smallest absolute Gasteiger partial charge is 0.247 e. The number of rotatable bonds is 4. The van der Waals surface area contributed by atoms with Gasteiger partial charge < -0.3 is 5.32 Å². The van der Waals surface area contributed by atoms with Gasteiger partial charge >= 0.3 is 0 Å². The Kier molecular flexibility index (Phi) is 4.66. The molecule has 2 aromatic rings. The Labute approximate surface area is 144 Å². The maximum atomic E-state index is 12.6. The van der Waals surface area contributed by atoms with Crippen molar-refractivity contribution >= 4 is 40.1 Å². The van der Waals surface area contributed by atoms with Crippen LogP contribution in [0.15, 0.2) is 54.6 Å². The third kappa shape index (κ3) is 3.33. The number of thioether (sulfide) groups is 1. The summed E-state index contributed by atoms with van der Waals surface area (Å²) >= 11 is 1.12. The Morgan fingerprint density at radius 1 is 1.17 bits per heavy atom. The van der Waals surface area contributed by atoms with Gasteiger partial charge in [-0.05, 0) is 30.7 Å². The number of amides is 2. The topological polar surface area (TPSA) is 73.3 Å². The van der Waals surface area contributed by atoms with Gasteiger partial charge in [0.25, 0.3) is 0 Å². The molecule has 1 aliphatic rings. The van der Waals surface area contributed by atoms with Crippen LogP contribution in [0.4, 0.5) is 11.4 Å². The summed E-state index contributed by atoms with van der Waals surface area (Å²) in [6, 6.07) is 16.6. The van der Waals surface area contributed by atoms with E-state index in [0.717, 1.165) is 17.3 Å². The Bertz CT molecular complexity index is 792. The van der Waals surface area contributed by atoms with Gasteiger partial charge in [0, 0.05) is 12.1 Å². The number of carbonyl (C=O) groups excluding carboxylic acids is 2. The Morgan fingerprint density at radius 3 is 2.54 bits per heavy atom. The maximum absolute atomic E-state index is 12.6. The summed E-state index contributed by atoms with van der Waals surface area (Å²) < 4.78 is 0. The lowest BCUT2D eigenvalue weighted by molar-refractivity contribution is -0.121. The molecule has 1 atom stereocenters. The molecule has 1 unspecified atom stereocenters. The highest BCUT2D eigenvalue weighted by atomic mass is 32.2. The summed E-state index contributed by atoms with van der Waals surface area (Å²) in [5, 5.41) is 10.5. The van der Waals surface area contributed by atoms with Crippen molar-refractivity contribution < 1.29 is 9.59 Å². The molecule has 0 aliphatic carbocycles. The molecule has 0 aromatic heterocycles. The van der Waals surface area contributed by atoms with Crippen LogP contribution in [0.1, 0.15) is 12.0 Å². The summed E-state index contributed by atoms with van der Waals surface area (Å²) in [6.07, 6.45) is 0.0448. The highest BCUT2D eigenvalue weighted by Crippen LogP contribution is 2.34. The van der Waals surface area contributed by atoms with Crippen LogP contribution in [0, 0.1) is 12.3 Å².